The van der Waals surface area contributed by atoms with E-state index in [1.807, 2.05) is 13.8 Å². The molecule has 0 heterocycles. The predicted molar refractivity (Wildman–Crippen MR) is 51.1 cm³/mol. The molecule has 0 aromatic heterocycles. The summed E-state index contributed by atoms with van der Waals surface area (Å²) in [6.45, 7) is 5.49. The summed E-state index contributed by atoms with van der Waals surface area (Å²) in [6.07, 6.45) is 1.89. The molecule has 1 nitrogen and oxygen atoms in total. The van der Waals surface area contributed by atoms with Crippen LogP contribution in [-0.4, -0.2) is 17.2 Å². The Kier molecular flexibility index (Phi) is 3.45. The monoisotopic (exact) mass is 204 g/mol. The fraction of sp³-hybridized carbons (Fsp3) is 1.00. The Balaban J connectivity index is 4.06. The molecule has 0 aliphatic rings. The number of rotatable bonds is 3. The van der Waals surface area contributed by atoms with Crippen LogP contribution in [0.25, 0.3) is 0 Å². The van der Waals surface area contributed by atoms with Gasteiger partial charge in [0.1, 0.15) is 0 Å². The van der Waals surface area contributed by atoms with Crippen LogP contribution in [-0.2, 0) is 0 Å². The van der Waals surface area contributed by atoms with E-state index in [0.29, 0.717) is 0 Å². The average molecular weight is 205 g/mol. The van der Waals surface area contributed by atoms with Crippen LogP contribution in [0.2, 0.25) is 0 Å². The Morgan fingerprint density at radius 3 is 2.00 bits per heavy atom. The molecule has 0 saturated heterocycles. The molecular weight excluding hydrogens is 190 g/mol. The first kappa shape index (κ1) is 11.0. The van der Waals surface area contributed by atoms with Crippen LogP contribution >= 0.6 is 28.0 Å². The second-order valence-electron chi connectivity index (χ2n) is 2.96. The molecule has 0 spiro atoms. The van der Waals surface area contributed by atoms with E-state index < -0.39 is 5.54 Å². The van der Waals surface area contributed by atoms with Crippen molar-refractivity contribution in [3.8, 4) is 0 Å². The van der Waals surface area contributed by atoms with Crippen molar-refractivity contribution >= 4 is 28.0 Å². The zero-order valence-corrected chi connectivity index (χ0v) is 9.05. The van der Waals surface area contributed by atoms with Crippen LogP contribution in [0.15, 0.2) is 0 Å². The zero-order chi connectivity index (χ0) is 8.44. The molecule has 0 saturated carbocycles. The molecular formula is C6H15Cl2OP. The molecule has 0 fully saturated rings. The Labute approximate surface area is 72.3 Å². The van der Waals surface area contributed by atoms with Crippen molar-refractivity contribution in [3.05, 3.63) is 0 Å². The number of hydrogen-bond donors (Lipinski definition) is 1. The van der Waals surface area contributed by atoms with Gasteiger partial charge in [-0.3, -0.25) is 0 Å². The third-order valence-electron chi connectivity index (χ3n) is 1.68. The van der Waals surface area contributed by atoms with E-state index in [1.54, 1.807) is 6.66 Å². The van der Waals surface area contributed by atoms with Gasteiger partial charge in [-0.05, 0) is 0 Å². The van der Waals surface area contributed by atoms with Gasteiger partial charge < -0.3 is 0 Å². The predicted octanol–water partition coefficient (Wildman–Crippen LogP) is 3.57. The van der Waals surface area contributed by atoms with Gasteiger partial charge in [0.2, 0.25) is 0 Å². The van der Waals surface area contributed by atoms with Gasteiger partial charge in [0.15, 0.2) is 0 Å². The molecule has 1 unspecified atom stereocenters. The Bertz CT molecular complexity index is 109. The Morgan fingerprint density at radius 1 is 1.50 bits per heavy atom. The van der Waals surface area contributed by atoms with Crippen LogP contribution in [0.4, 0.5) is 0 Å². The Morgan fingerprint density at radius 2 is 1.90 bits per heavy atom. The van der Waals surface area contributed by atoms with Crippen molar-refractivity contribution in [2.24, 2.45) is 0 Å². The van der Waals surface area contributed by atoms with E-state index in [4.69, 9.17) is 22.5 Å². The molecule has 4 heteroatoms. The number of halogens is 2. The fourth-order valence-electron chi connectivity index (χ4n) is 0.702. The van der Waals surface area contributed by atoms with Crippen LogP contribution in [0, 0.1) is 0 Å². The van der Waals surface area contributed by atoms with Gasteiger partial charge in [-0.1, -0.05) is 0 Å². The zero-order valence-electron chi connectivity index (χ0n) is 6.64. The van der Waals surface area contributed by atoms with Gasteiger partial charge >= 0.3 is 71.9 Å². The Hall–Kier alpha value is 0.970. The minimum atomic E-state index is -3.29. The van der Waals surface area contributed by atoms with Crippen molar-refractivity contribution in [2.45, 2.75) is 32.3 Å². The van der Waals surface area contributed by atoms with Crippen molar-refractivity contribution in [2.75, 3.05) is 6.66 Å². The average Bonchev–Trinajstić information content (AvgIpc) is 1.62. The molecule has 0 aliphatic carbocycles. The number of hydrogen-bond acceptors (Lipinski definition) is 1. The minimum absolute atomic E-state index is 0.0272. The second kappa shape index (κ2) is 3.15. The molecule has 64 valence electrons. The summed E-state index contributed by atoms with van der Waals surface area (Å²) in [4.78, 5) is 9.54. The summed E-state index contributed by atoms with van der Waals surface area (Å²) in [7, 11) is 0. The van der Waals surface area contributed by atoms with Gasteiger partial charge in [0.05, 0.1) is 0 Å². The second-order valence-corrected chi connectivity index (χ2v) is 12.1. The van der Waals surface area contributed by atoms with Crippen molar-refractivity contribution in [1.82, 2.24) is 0 Å². The van der Waals surface area contributed by atoms with E-state index in [2.05, 4.69) is 0 Å². The fourth-order valence-corrected chi connectivity index (χ4v) is 2.11. The van der Waals surface area contributed by atoms with E-state index >= 15 is 0 Å². The molecule has 0 aromatic carbocycles. The van der Waals surface area contributed by atoms with Gasteiger partial charge in [-0.25, -0.2) is 0 Å². The SMILES string of the molecule is CCCC(C)P(C)(O)(Cl)Cl. The molecule has 0 aromatic rings. The molecule has 1 N–H and O–H groups in total. The normalized spacial score (nSPS) is 19.6. The summed E-state index contributed by atoms with van der Waals surface area (Å²) in [5.41, 5.74) is -3.27. The molecule has 0 amide bonds. The first-order valence-electron chi connectivity index (χ1n) is 3.44. The third kappa shape index (κ3) is 3.98. The van der Waals surface area contributed by atoms with Crippen LogP contribution < -0.4 is 0 Å². The first-order chi connectivity index (χ1) is 4.24. The maximum atomic E-state index is 9.54. The molecule has 0 rings (SSSR count). The summed E-state index contributed by atoms with van der Waals surface area (Å²) in [5.74, 6) is 0. The van der Waals surface area contributed by atoms with Crippen LogP contribution in [0.5, 0.6) is 0 Å². The van der Waals surface area contributed by atoms with Crippen LogP contribution in [0.1, 0.15) is 26.7 Å². The van der Waals surface area contributed by atoms with Gasteiger partial charge in [-0.15, -0.1) is 0 Å². The molecule has 10 heavy (non-hydrogen) atoms. The van der Waals surface area contributed by atoms with Gasteiger partial charge in [0.25, 0.3) is 0 Å². The summed E-state index contributed by atoms with van der Waals surface area (Å²) >= 11 is 11.5. The molecule has 0 aliphatic heterocycles. The topological polar surface area (TPSA) is 20.2 Å². The maximum absolute atomic E-state index is 9.54. The summed E-state index contributed by atoms with van der Waals surface area (Å²) in [5, 5.41) is 0. The first-order valence-corrected chi connectivity index (χ1v) is 7.95. The standard InChI is InChI=1S/C6H15Cl2OP/c1-4-5-6(2)10(3,7,8)9/h6,9H,4-5H2,1-3H3. The summed E-state index contributed by atoms with van der Waals surface area (Å²) in [6, 6.07) is 0. The van der Waals surface area contributed by atoms with Crippen LogP contribution in [0.3, 0.4) is 0 Å². The van der Waals surface area contributed by atoms with E-state index in [9.17, 15) is 4.89 Å². The van der Waals surface area contributed by atoms with E-state index in [0.717, 1.165) is 12.8 Å². The van der Waals surface area contributed by atoms with Gasteiger partial charge in [0, 0.05) is 0 Å². The molecule has 1 atom stereocenters. The molecule has 0 radical (unpaired) electrons. The van der Waals surface area contributed by atoms with Crippen molar-refractivity contribution in [1.29, 1.82) is 0 Å². The molecule has 0 bridgehead atoms. The van der Waals surface area contributed by atoms with E-state index in [1.165, 1.54) is 0 Å². The van der Waals surface area contributed by atoms with E-state index in [-0.39, 0.29) is 5.66 Å². The third-order valence-corrected chi connectivity index (χ3v) is 5.88. The summed E-state index contributed by atoms with van der Waals surface area (Å²) < 4.78 is 0. The quantitative estimate of drug-likeness (QED) is 0.698. The van der Waals surface area contributed by atoms with Crippen molar-refractivity contribution in [3.63, 3.8) is 0 Å². The van der Waals surface area contributed by atoms with Crippen molar-refractivity contribution < 1.29 is 4.89 Å². The van der Waals surface area contributed by atoms with Gasteiger partial charge in [-0.2, -0.15) is 0 Å².